The molecule has 0 heterocycles. The van der Waals surface area contributed by atoms with Crippen molar-refractivity contribution >= 4 is 0 Å². The van der Waals surface area contributed by atoms with E-state index in [9.17, 15) is 0 Å². The summed E-state index contributed by atoms with van der Waals surface area (Å²) in [7, 11) is 0. The molecule has 1 heteroatoms. The van der Waals surface area contributed by atoms with Gasteiger partial charge in [-0.3, -0.25) is 0 Å². The molecule has 0 aliphatic heterocycles. The summed E-state index contributed by atoms with van der Waals surface area (Å²) >= 11 is 0. The molecule has 0 radical (unpaired) electrons. The topological polar surface area (TPSA) is 9.23 Å². The molecule has 2 aliphatic carbocycles. The van der Waals surface area contributed by atoms with E-state index in [1.165, 1.54) is 63.4 Å². The first-order valence-corrected chi connectivity index (χ1v) is 11.1. The molecule has 1 aromatic carbocycles. The van der Waals surface area contributed by atoms with E-state index in [0.29, 0.717) is 0 Å². The lowest BCUT2D eigenvalue weighted by atomic mass is 9.68. The van der Waals surface area contributed by atoms with Crippen LogP contribution in [0, 0.1) is 17.8 Å². The van der Waals surface area contributed by atoms with Crippen molar-refractivity contribution in [3.05, 3.63) is 48.0 Å². The zero-order chi connectivity index (χ0) is 18.2. The first-order chi connectivity index (χ1) is 12.8. The van der Waals surface area contributed by atoms with Gasteiger partial charge in [-0.15, -0.1) is 6.58 Å². The van der Waals surface area contributed by atoms with Crippen LogP contribution in [0.2, 0.25) is 0 Å². The minimum Gasteiger partial charge on any atom is -0.377 e. The highest BCUT2D eigenvalue weighted by molar-refractivity contribution is 5.25. The fourth-order valence-corrected chi connectivity index (χ4v) is 5.28. The average molecular weight is 355 g/mol. The Morgan fingerprint density at radius 3 is 2.12 bits per heavy atom. The third-order valence-electron chi connectivity index (χ3n) is 6.90. The second kappa shape index (κ2) is 10.3. The van der Waals surface area contributed by atoms with Crippen LogP contribution < -0.4 is 0 Å². The van der Waals surface area contributed by atoms with Gasteiger partial charge in [0.15, 0.2) is 0 Å². The van der Waals surface area contributed by atoms with Gasteiger partial charge in [-0.1, -0.05) is 37.3 Å². The highest BCUT2D eigenvalue weighted by atomic mass is 16.5. The molecule has 1 nitrogen and oxygen atoms in total. The molecular formula is C25H38O. The predicted molar refractivity (Wildman–Crippen MR) is 111 cm³/mol. The Morgan fingerprint density at radius 2 is 1.54 bits per heavy atom. The van der Waals surface area contributed by atoms with Crippen LogP contribution in [0.15, 0.2) is 36.9 Å². The Hall–Kier alpha value is -1.08. The zero-order valence-electron chi connectivity index (χ0n) is 16.8. The summed E-state index contributed by atoms with van der Waals surface area (Å²) in [6.07, 6.45) is 16.0. The van der Waals surface area contributed by atoms with E-state index in [0.717, 1.165) is 43.3 Å². The molecule has 144 valence electrons. The van der Waals surface area contributed by atoms with Crippen molar-refractivity contribution < 1.29 is 4.74 Å². The number of hydrogen-bond donors (Lipinski definition) is 0. The molecule has 0 aromatic heterocycles. The second-order valence-corrected chi connectivity index (χ2v) is 8.71. The van der Waals surface area contributed by atoms with E-state index in [2.05, 4.69) is 43.8 Å². The van der Waals surface area contributed by atoms with Gasteiger partial charge in [-0.2, -0.15) is 0 Å². The number of benzene rings is 1. The van der Waals surface area contributed by atoms with Crippen LogP contribution >= 0.6 is 0 Å². The van der Waals surface area contributed by atoms with Gasteiger partial charge in [0.1, 0.15) is 0 Å². The molecule has 0 unspecified atom stereocenters. The van der Waals surface area contributed by atoms with Crippen molar-refractivity contribution in [3.8, 4) is 0 Å². The molecule has 0 amide bonds. The first kappa shape index (κ1) is 19.7. The third-order valence-corrected chi connectivity index (χ3v) is 6.90. The summed E-state index contributed by atoms with van der Waals surface area (Å²) in [4.78, 5) is 0. The molecule has 0 spiro atoms. The largest absolute Gasteiger partial charge is 0.377 e. The second-order valence-electron chi connectivity index (χ2n) is 8.71. The van der Waals surface area contributed by atoms with E-state index in [-0.39, 0.29) is 0 Å². The molecular weight excluding hydrogens is 316 g/mol. The van der Waals surface area contributed by atoms with Crippen molar-refractivity contribution in [1.82, 2.24) is 0 Å². The van der Waals surface area contributed by atoms with Crippen LogP contribution in [-0.4, -0.2) is 6.61 Å². The SMILES string of the molecule is C=CC[C@H]1CC[C@H](C2CCC(c3ccc(COCCC)cc3)CC2)CC1. The van der Waals surface area contributed by atoms with E-state index < -0.39 is 0 Å². The molecule has 2 aliphatic rings. The maximum Gasteiger partial charge on any atom is 0.0716 e. The van der Waals surface area contributed by atoms with Crippen LogP contribution in [0.3, 0.4) is 0 Å². The van der Waals surface area contributed by atoms with Gasteiger partial charge in [0.2, 0.25) is 0 Å². The van der Waals surface area contributed by atoms with Gasteiger partial charge in [0, 0.05) is 6.61 Å². The van der Waals surface area contributed by atoms with Gasteiger partial charge >= 0.3 is 0 Å². The monoisotopic (exact) mass is 354 g/mol. The van der Waals surface area contributed by atoms with Crippen LogP contribution in [0.4, 0.5) is 0 Å². The standard InChI is InChI=1S/C25H38O/c1-3-5-20-6-10-22(11-7-20)24-14-16-25(17-15-24)23-12-8-21(9-13-23)19-26-18-4-2/h3,8-9,12-13,20,22,24-25H,1,4-7,10-11,14-19H2,2H3/t20-,22-,24?,25?. The fraction of sp³-hybridized carbons (Fsp3) is 0.680. The van der Waals surface area contributed by atoms with Crippen molar-refractivity contribution in [2.75, 3.05) is 6.61 Å². The molecule has 3 rings (SSSR count). The maximum absolute atomic E-state index is 5.65. The number of hydrogen-bond acceptors (Lipinski definition) is 1. The highest BCUT2D eigenvalue weighted by Crippen LogP contribution is 2.44. The first-order valence-electron chi connectivity index (χ1n) is 11.1. The zero-order valence-corrected chi connectivity index (χ0v) is 16.8. The summed E-state index contributed by atoms with van der Waals surface area (Å²) in [5, 5.41) is 0. The fourth-order valence-electron chi connectivity index (χ4n) is 5.28. The van der Waals surface area contributed by atoms with Crippen molar-refractivity contribution in [2.45, 2.75) is 83.7 Å². The minimum absolute atomic E-state index is 0.759. The summed E-state index contributed by atoms with van der Waals surface area (Å²) < 4.78 is 5.65. The molecule has 0 bridgehead atoms. The minimum atomic E-state index is 0.759. The van der Waals surface area contributed by atoms with E-state index in [1.54, 1.807) is 5.56 Å². The summed E-state index contributed by atoms with van der Waals surface area (Å²) in [5.74, 6) is 3.72. The lowest BCUT2D eigenvalue weighted by Gasteiger charge is -2.38. The lowest BCUT2D eigenvalue weighted by molar-refractivity contribution is 0.121. The number of allylic oxidation sites excluding steroid dienone is 1. The summed E-state index contributed by atoms with van der Waals surface area (Å²) in [5.41, 5.74) is 2.87. The van der Waals surface area contributed by atoms with E-state index in [1.807, 2.05) is 0 Å². The van der Waals surface area contributed by atoms with Gasteiger partial charge in [0.25, 0.3) is 0 Å². The molecule has 2 saturated carbocycles. The van der Waals surface area contributed by atoms with E-state index >= 15 is 0 Å². The number of ether oxygens (including phenoxy) is 1. The summed E-state index contributed by atoms with van der Waals surface area (Å²) in [6.45, 7) is 7.70. The molecule has 1 aromatic rings. The maximum atomic E-state index is 5.65. The normalized spacial score (nSPS) is 29.4. The van der Waals surface area contributed by atoms with Crippen LogP contribution in [-0.2, 0) is 11.3 Å². The Bertz CT molecular complexity index is 516. The quantitative estimate of drug-likeness (QED) is 0.352. The Balaban J connectivity index is 1.43. The molecule has 26 heavy (non-hydrogen) atoms. The van der Waals surface area contributed by atoms with Crippen LogP contribution in [0.1, 0.15) is 88.2 Å². The van der Waals surface area contributed by atoms with Crippen LogP contribution in [0.5, 0.6) is 0 Å². The summed E-state index contributed by atoms with van der Waals surface area (Å²) in [6, 6.07) is 9.27. The number of rotatable bonds is 8. The van der Waals surface area contributed by atoms with Crippen molar-refractivity contribution in [3.63, 3.8) is 0 Å². The molecule has 0 N–H and O–H groups in total. The Labute approximate surface area is 161 Å². The van der Waals surface area contributed by atoms with Gasteiger partial charge in [0.05, 0.1) is 6.61 Å². The lowest BCUT2D eigenvalue weighted by Crippen LogP contribution is -2.25. The van der Waals surface area contributed by atoms with E-state index in [4.69, 9.17) is 4.74 Å². The Kier molecular flexibility index (Phi) is 7.80. The van der Waals surface area contributed by atoms with Crippen LogP contribution in [0.25, 0.3) is 0 Å². The van der Waals surface area contributed by atoms with Gasteiger partial charge in [-0.25, -0.2) is 0 Å². The molecule has 2 fully saturated rings. The van der Waals surface area contributed by atoms with Gasteiger partial charge in [-0.05, 0) is 99.0 Å². The van der Waals surface area contributed by atoms with Gasteiger partial charge < -0.3 is 4.74 Å². The Morgan fingerprint density at radius 1 is 0.923 bits per heavy atom. The molecule has 0 saturated heterocycles. The third kappa shape index (κ3) is 5.46. The van der Waals surface area contributed by atoms with Crippen molar-refractivity contribution in [2.24, 2.45) is 17.8 Å². The average Bonchev–Trinajstić information content (AvgIpc) is 2.70. The van der Waals surface area contributed by atoms with Crippen molar-refractivity contribution in [1.29, 1.82) is 0 Å². The predicted octanol–water partition coefficient (Wildman–Crippen LogP) is 7.27. The highest BCUT2D eigenvalue weighted by Gasteiger charge is 2.30. The smallest absolute Gasteiger partial charge is 0.0716 e. The molecule has 0 atom stereocenters.